The van der Waals surface area contributed by atoms with Crippen molar-refractivity contribution in [2.45, 2.75) is 4.90 Å². The molecule has 56 valence electrons. The van der Waals surface area contributed by atoms with Crippen molar-refractivity contribution in [3.05, 3.63) is 29.3 Å². The van der Waals surface area contributed by atoms with E-state index >= 15 is 0 Å². The van der Waals surface area contributed by atoms with Crippen molar-refractivity contribution in [3.63, 3.8) is 0 Å². The third-order valence-electron chi connectivity index (χ3n) is 1.12. The van der Waals surface area contributed by atoms with E-state index in [0.717, 1.165) is 9.92 Å². The highest BCUT2D eigenvalue weighted by atomic mass is 35.5. The van der Waals surface area contributed by atoms with Gasteiger partial charge in [0.1, 0.15) is 0 Å². The third-order valence-corrected chi connectivity index (χ3v) is 2.25. The Morgan fingerprint density at radius 1 is 1.36 bits per heavy atom. The molecule has 0 amide bonds. The molecule has 1 nitrogen and oxygen atoms in total. The van der Waals surface area contributed by atoms with Crippen LogP contribution in [0, 0.1) is 11.3 Å². The Bertz CT molecular complexity index is 262. The van der Waals surface area contributed by atoms with Crippen LogP contribution in [-0.2, 0) is 0 Å². The standard InChI is InChI=1S/C8H6ClNS/c9-7-1-3-8(4-2-7)11-6-5-10/h1-4H,6H2. The smallest absolute Gasteiger partial charge is 0.0855 e. The van der Waals surface area contributed by atoms with Crippen LogP contribution in [0.1, 0.15) is 0 Å². The van der Waals surface area contributed by atoms with Gasteiger partial charge in [0.15, 0.2) is 0 Å². The Kier molecular flexibility index (Phi) is 3.28. The first-order valence-electron chi connectivity index (χ1n) is 3.08. The lowest BCUT2D eigenvalue weighted by atomic mass is 10.4. The Labute approximate surface area is 75.0 Å². The highest BCUT2D eigenvalue weighted by Crippen LogP contribution is 2.19. The van der Waals surface area contributed by atoms with Crippen LogP contribution in [0.5, 0.6) is 0 Å². The minimum atomic E-state index is 0.488. The molecule has 0 saturated carbocycles. The van der Waals surface area contributed by atoms with E-state index in [9.17, 15) is 0 Å². The summed E-state index contributed by atoms with van der Waals surface area (Å²) in [6.07, 6.45) is 0. The van der Waals surface area contributed by atoms with Gasteiger partial charge in [0.2, 0.25) is 0 Å². The maximum Gasteiger partial charge on any atom is 0.0855 e. The number of halogens is 1. The Morgan fingerprint density at radius 3 is 2.55 bits per heavy atom. The van der Waals surface area contributed by atoms with Gasteiger partial charge >= 0.3 is 0 Å². The molecule has 0 aromatic heterocycles. The number of rotatable bonds is 2. The van der Waals surface area contributed by atoms with Crippen LogP contribution < -0.4 is 0 Å². The number of benzene rings is 1. The summed E-state index contributed by atoms with van der Waals surface area (Å²) in [5.74, 6) is 0.488. The summed E-state index contributed by atoms with van der Waals surface area (Å²) >= 11 is 7.18. The Morgan fingerprint density at radius 2 is 2.00 bits per heavy atom. The van der Waals surface area contributed by atoms with E-state index in [1.165, 1.54) is 11.8 Å². The lowest BCUT2D eigenvalue weighted by Gasteiger charge is -1.94. The average Bonchev–Trinajstić information content (AvgIpc) is 2.04. The highest BCUT2D eigenvalue weighted by Gasteiger charge is 1.91. The lowest BCUT2D eigenvalue weighted by Crippen LogP contribution is -1.72. The van der Waals surface area contributed by atoms with Crippen molar-refractivity contribution in [1.82, 2.24) is 0 Å². The third kappa shape index (κ3) is 2.83. The molecule has 0 N–H and O–H groups in total. The molecule has 0 spiro atoms. The van der Waals surface area contributed by atoms with Crippen LogP contribution in [0.15, 0.2) is 29.2 Å². The largest absolute Gasteiger partial charge is 0.197 e. The molecule has 0 saturated heterocycles. The molecule has 0 atom stereocenters. The summed E-state index contributed by atoms with van der Waals surface area (Å²) in [5, 5.41) is 9.01. The number of hydrogen-bond acceptors (Lipinski definition) is 2. The maximum absolute atomic E-state index is 8.29. The van der Waals surface area contributed by atoms with Crippen molar-refractivity contribution in [2.75, 3.05) is 5.75 Å². The van der Waals surface area contributed by atoms with Crippen LogP contribution in [0.25, 0.3) is 0 Å². The molecule has 0 heterocycles. The molecule has 0 bridgehead atoms. The van der Waals surface area contributed by atoms with Crippen LogP contribution in [0.2, 0.25) is 5.02 Å². The first kappa shape index (κ1) is 8.45. The van der Waals surface area contributed by atoms with Gasteiger partial charge < -0.3 is 0 Å². The van der Waals surface area contributed by atoms with E-state index in [2.05, 4.69) is 6.07 Å². The normalized spacial score (nSPS) is 9.09. The van der Waals surface area contributed by atoms with Gasteiger partial charge in [-0.1, -0.05) is 11.6 Å². The minimum absolute atomic E-state index is 0.488. The fourth-order valence-electron chi connectivity index (χ4n) is 0.646. The summed E-state index contributed by atoms with van der Waals surface area (Å²) in [7, 11) is 0. The fourth-order valence-corrected chi connectivity index (χ4v) is 1.33. The summed E-state index contributed by atoms with van der Waals surface area (Å²) in [6.45, 7) is 0. The van der Waals surface area contributed by atoms with E-state index in [1.807, 2.05) is 24.3 Å². The second kappa shape index (κ2) is 4.27. The number of hydrogen-bond donors (Lipinski definition) is 0. The second-order valence-corrected chi connectivity index (χ2v) is 3.39. The van der Waals surface area contributed by atoms with Crippen molar-refractivity contribution in [3.8, 4) is 6.07 Å². The molecule has 0 aliphatic heterocycles. The van der Waals surface area contributed by atoms with Crippen LogP contribution in [0.3, 0.4) is 0 Å². The number of nitriles is 1. The van der Waals surface area contributed by atoms with Gasteiger partial charge in [-0.15, -0.1) is 11.8 Å². The zero-order valence-electron chi connectivity index (χ0n) is 5.75. The molecular formula is C8H6ClNS. The van der Waals surface area contributed by atoms with Crippen LogP contribution >= 0.6 is 23.4 Å². The molecule has 11 heavy (non-hydrogen) atoms. The van der Waals surface area contributed by atoms with Crippen molar-refractivity contribution < 1.29 is 0 Å². The molecular weight excluding hydrogens is 178 g/mol. The zero-order chi connectivity index (χ0) is 8.10. The molecule has 0 fully saturated rings. The fraction of sp³-hybridized carbons (Fsp3) is 0.125. The first-order chi connectivity index (χ1) is 5.33. The summed E-state index contributed by atoms with van der Waals surface area (Å²) < 4.78 is 0. The van der Waals surface area contributed by atoms with E-state index in [4.69, 9.17) is 16.9 Å². The monoisotopic (exact) mass is 183 g/mol. The molecule has 0 unspecified atom stereocenters. The second-order valence-electron chi connectivity index (χ2n) is 1.90. The van der Waals surface area contributed by atoms with Crippen LogP contribution in [0.4, 0.5) is 0 Å². The molecule has 0 radical (unpaired) electrons. The predicted octanol–water partition coefficient (Wildman–Crippen LogP) is 2.96. The zero-order valence-corrected chi connectivity index (χ0v) is 7.32. The average molecular weight is 184 g/mol. The number of thioether (sulfide) groups is 1. The van der Waals surface area contributed by atoms with E-state index < -0.39 is 0 Å². The molecule has 1 aromatic rings. The minimum Gasteiger partial charge on any atom is -0.197 e. The lowest BCUT2D eigenvalue weighted by molar-refractivity contribution is 1.45. The van der Waals surface area contributed by atoms with Gasteiger partial charge in [-0.25, -0.2) is 0 Å². The topological polar surface area (TPSA) is 23.8 Å². The SMILES string of the molecule is N#CCSc1ccc(Cl)cc1. The summed E-state index contributed by atoms with van der Waals surface area (Å²) in [4.78, 5) is 1.08. The Balaban J connectivity index is 2.60. The van der Waals surface area contributed by atoms with Gasteiger partial charge in [-0.2, -0.15) is 5.26 Å². The predicted molar refractivity (Wildman–Crippen MR) is 47.8 cm³/mol. The van der Waals surface area contributed by atoms with Gasteiger partial charge in [-0.3, -0.25) is 0 Å². The van der Waals surface area contributed by atoms with Gasteiger partial charge in [0, 0.05) is 9.92 Å². The maximum atomic E-state index is 8.29. The highest BCUT2D eigenvalue weighted by molar-refractivity contribution is 7.99. The first-order valence-corrected chi connectivity index (χ1v) is 4.44. The van der Waals surface area contributed by atoms with Crippen molar-refractivity contribution in [2.24, 2.45) is 0 Å². The molecule has 0 aliphatic rings. The number of nitrogens with zero attached hydrogens (tertiary/aromatic N) is 1. The van der Waals surface area contributed by atoms with Crippen molar-refractivity contribution >= 4 is 23.4 Å². The van der Waals surface area contributed by atoms with Crippen molar-refractivity contribution in [1.29, 1.82) is 5.26 Å². The van der Waals surface area contributed by atoms with Crippen LogP contribution in [-0.4, -0.2) is 5.75 Å². The quantitative estimate of drug-likeness (QED) is 0.659. The molecule has 1 rings (SSSR count). The van der Waals surface area contributed by atoms with E-state index in [0.29, 0.717) is 5.75 Å². The molecule has 3 heteroatoms. The van der Waals surface area contributed by atoms with E-state index in [1.54, 1.807) is 0 Å². The van der Waals surface area contributed by atoms with Gasteiger partial charge in [0.25, 0.3) is 0 Å². The summed E-state index contributed by atoms with van der Waals surface area (Å²) in [6, 6.07) is 9.52. The van der Waals surface area contributed by atoms with Gasteiger partial charge in [-0.05, 0) is 24.3 Å². The Hall–Kier alpha value is -0.650. The molecule has 0 aliphatic carbocycles. The van der Waals surface area contributed by atoms with Gasteiger partial charge in [0.05, 0.1) is 11.8 Å². The molecule has 1 aromatic carbocycles. The summed E-state index contributed by atoms with van der Waals surface area (Å²) in [5.41, 5.74) is 0. The van der Waals surface area contributed by atoms with E-state index in [-0.39, 0.29) is 0 Å².